The van der Waals surface area contributed by atoms with Gasteiger partial charge in [-0.2, -0.15) is 0 Å². The highest BCUT2D eigenvalue weighted by Crippen LogP contribution is 2.32. The number of hydrogen-bond donors (Lipinski definition) is 3. The number of carbonyl (C=O) groups is 3. The van der Waals surface area contributed by atoms with Gasteiger partial charge in [0.05, 0.1) is 13.0 Å². The second kappa shape index (κ2) is 13.1. The maximum atomic E-state index is 13.1. The van der Waals surface area contributed by atoms with Gasteiger partial charge in [0, 0.05) is 24.9 Å². The van der Waals surface area contributed by atoms with Crippen LogP contribution >= 0.6 is 0 Å². The third-order valence-electron chi connectivity index (χ3n) is 5.73. The van der Waals surface area contributed by atoms with Crippen molar-refractivity contribution >= 4 is 23.5 Å². The number of benzene rings is 2. The second-order valence-corrected chi connectivity index (χ2v) is 8.53. The fraction of sp³-hybridized carbons (Fsp3) is 0.276. The van der Waals surface area contributed by atoms with E-state index in [4.69, 9.17) is 4.74 Å². The molecule has 0 aromatic heterocycles. The summed E-state index contributed by atoms with van der Waals surface area (Å²) in [5.41, 5.74) is 3.22. The van der Waals surface area contributed by atoms with Crippen molar-refractivity contribution in [3.8, 4) is 5.75 Å². The number of amides is 2. The molecule has 0 saturated carbocycles. The van der Waals surface area contributed by atoms with E-state index in [2.05, 4.69) is 16.7 Å². The fourth-order valence-electron chi connectivity index (χ4n) is 4.05. The van der Waals surface area contributed by atoms with Crippen LogP contribution in [0.25, 0.3) is 0 Å². The minimum absolute atomic E-state index is 0.128. The van der Waals surface area contributed by atoms with Gasteiger partial charge in [-0.15, -0.1) is 0 Å². The van der Waals surface area contributed by atoms with Gasteiger partial charge in [0.2, 0.25) is 11.8 Å². The molecule has 0 aliphatic heterocycles. The molecule has 2 aromatic carbocycles. The Hall–Kier alpha value is -4.13. The molecule has 7 nitrogen and oxygen atoms in total. The number of hydrogen-bond acceptors (Lipinski definition) is 5. The van der Waals surface area contributed by atoms with Gasteiger partial charge < -0.3 is 20.5 Å². The Bertz CT molecular complexity index is 1160. The highest BCUT2D eigenvalue weighted by Gasteiger charge is 2.23. The number of phenolic OH excluding ortho intramolecular Hbond substituents is 1. The second-order valence-electron chi connectivity index (χ2n) is 8.53. The molecule has 0 radical (unpaired) electrons. The Kier molecular flexibility index (Phi) is 9.63. The molecule has 36 heavy (non-hydrogen) atoms. The van der Waals surface area contributed by atoms with Gasteiger partial charge in [0.1, 0.15) is 11.8 Å². The lowest BCUT2D eigenvalue weighted by Crippen LogP contribution is -2.44. The topological polar surface area (TPSA) is 105 Å². The van der Waals surface area contributed by atoms with E-state index in [0.29, 0.717) is 12.3 Å². The molecule has 188 valence electrons. The van der Waals surface area contributed by atoms with Crippen LogP contribution in [-0.4, -0.2) is 35.5 Å². The summed E-state index contributed by atoms with van der Waals surface area (Å²) in [7, 11) is 0. The van der Waals surface area contributed by atoms with Crippen LogP contribution in [0.2, 0.25) is 0 Å². The number of allylic oxidation sites excluding steroid dienone is 6. The molecular formula is C29H32N2O5. The first-order chi connectivity index (χ1) is 17.4. The molecule has 1 aliphatic carbocycles. The third-order valence-corrected chi connectivity index (χ3v) is 5.73. The van der Waals surface area contributed by atoms with E-state index in [1.165, 1.54) is 19.1 Å². The van der Waals surface area contributed by atoms with E-state index in [9.17, 15) is 19.5 Å². The minimum atomic E-state index is -0.801. The van der Waals surface area contributed by atoms with Gasteiger partial charge in [0.25, 0.3) is 0 Å². The van der Waals surface area contributed by atoms with Crippen molar-refractivity contribution in [1.82, 2.24) is 5.32 Å². The summed E-state index contributed by atoms with van der Waals surface area (Å²) in [5, 5.41) is 15.1. The SMILES string of the molecule is CCOC(=O)CC(C1=CCC=CC=C1)c1cccc(NC(=O)C(Cc2ccc(O)cc2)NC(C)=O)c1. The van der Waals surface area contributed by atoms with Crippen LogP contribution in [0.3, 0.4) is 0 Å². The molecule has 1 aliphatic rings. The lowest BCUT2D eigenvalue weighted by Gasteiger charge is -2.21. The van der Waals surface area contributed by atoms with Crippen molar-refractivity contribution < 1.29 is 24.2 Å². The Balaban J connectivity index is 1.82. The normalized spacial score (nSPS) is 14.2. The number of nitrogens with one attached hydrogen (secondary N) is 2. The number of esters is 1. The third kappa shape index (κ3) is 7.98. The van der Waals surface area contributed by atoms with Crippen molar-refractivity contribution in [2.24, 2.45) is 0 Å². The maximum absolute atomic E-state index is 13.1. The largest absolute Gasteiger partial charge is 0.508 e. The molecule has 0 saturated heterocycles. The molecule has 2 aromatic rings. The lowest BCUT2D eigenvalue weighted by molar-refractivity contribution is -0.143. The predicted molar refractivity (Wildman–Crippen MR) is 139 cm³/mol. The van der Waals surface area contributed by atoms with Gasteiger partial charge in [-0.1, -0.05) is 54.6 Å². The standard InChI is InChI=1S/C29H32N2O5/c1-3-36-28(34)19-26(22-9-6-4-5-7-10-22)23-11-8-12-24(18-23)31-29(35)27(30-20(2)32)17-21-13-15-25(33)16-14-21/h4-6,8-16,18,26-27,33H,3,7,17,19H2,1-2H3,(H,30,32)(H,31,35). The van der Waals surface area contributed by atoms with Crippen LogP contribution in [0, 0.1) is 0 Å². The molecule has 3 N–H and O–H groups in total. The van der Waals surface area contributed by atoms with Gasteiger partial charge in [-0.25, -0.2) is 0 Å². The zero-order chi connectivity index (χ0) is 25.9. The van der Waals surface area contributed by atoms with Crippen LogP contribution in [0.4, 0.5) is 5.69 Å². The highest BCUT2D eigenvalue weighted by atomic mass is 16.5. The van der Waals surface area contributed by atoms with E-state index in [1.807, 2.05) is 42.5 Å². The molecule has 0 bridgehead atoms. The Morgan fingerprint density at radius 2 is 1.86 bits per heavy atom. The average Bonchev–Trinajstić information content (AvgIpc) is 3.13. The number of rotatable bonds is 10. The Labute approximate surface area is 211 Å². The van der Waals surface area contributed by atoms with E-state index in [0.717, 1.165) is 23.1 Å². The quantitative estimate of drug-likeness (QED) is 0.426. The number of phenols is 1. The van der Waals surface area contributed by atoms with E-state index < -0.39 is 6.04 Å². The van der Waals surface area contributed by atoms with Crippen LogP contribution in [0.1, 0.15) is 43.7 Å². The fourth-order valence-corrected chi connectivity index (χ4v) is 4.05. The summed E-state index contributed by atoms with van der Waals surface area (Å²) in [4.78, 5) is 37.3. The summed E-state index contributed by atoms with van der Waals surface area (Å²) in [6, 6.07) is 13.1. The summed E-state index contributed by atoms with van der Waals surface area (Å²) >= 11 is 0. The highest BCUT2D eigenvalue weighted by molar-refractivity contribution is 5.97. The molecule has 2 atom stereocenters. The molecule has 2 amide bonds. The van der Waals surface area contributed by atoms with Crippen LogP contribution in [0.5, 0.6) is 5.75 Å². The molecular weight excluding hydrogens is 456 g/mol. The van der Waals surface area contributed by atoms with Gasteiger partial charge in [-0.05, 0) is 54.3 Å². The average molecular weight is 489 g/mol. The van der Waals surface area contributed by atoms with Crippen molar-refractivity contribution in [1.29, 1.82) is 0 Å². The first-order valence-corrected chi connectivity index (χ1v) is 12.0. The lowest BCUT2D eigenvalue weighted by atomic mass is 9.87. The van der Waals surface area contributed by atoms with Crippen molar-refractivity contribution in [3.05, 3.63) is 95.6 Å². The Morgan fingerprint density at radius 1 is 1.08 bits per heavy atom. The summed E-state index contributed by atoms with van der Waals surface area (Å²) in [6.07, 6.45) is 11.2. The maximum Gasteiger partial charge on any atom is 0.306 e. The van der Waals surface area contributed by atoms with Gasteiger partial charge in [0.15, 0.2) is 0 Å². The zero-order valence-corrected chi connectivity index (χ0v) is 20.6. The summed E-state index contributed by atoms with van der Waals surface area (Å²) in [5.74, 6) is -1.08. The predicted octanol–water partition coefficient (Wildman–Crippen LogP) is 4.56. The van der Waals surface area contributed by atoms with Crippen molar-refractivity contribution in [2.75, 3.05) is 11.9 Å². The van der Waals surface area contributed by atoms with Crippen molar-refractivity contribution in [2.45, 2.75) is 45.1 Å². The Morgan fingerprint density at radius 3 is 2.58 bits per heavy atom. The van der Waals surface area contributed by atoms with E-state index >= 15 is 0 Å². The van der Waals surface area contributed by atoms with Gasteiger partial charge >= 0.3 is 5.97 Å². The molecule has 7 heteroatoms. The number of carbonyl (C=O) groups excluding carboxylic acids is 3. The molecule has 2 unspecified atom stereocenters. The molecule has 3 rings (SSSR count). The van der Waals surface area contributed by atoms with Crippen LogP contribution in [0.15, 0.2) is 84.5 Å². The number of aromatic hydroxyl groups is 1. The minimum Gasteiger partial charge on any atom is -0.508 e. The number of anilines is 1. The monoisotopic (exact) mass is 488 g/mol. The summed E-state index contributed by atoms with van der Waals surface area (Å²) in [6.45, 7) is 3.45. The number of ether oxygens (including phenoxy) is 1. The van der Waals surface area contributed by atoms with Crippen molar-refractivity contribution in [3.63, 3.8) is 0 Å². The first kappa shape index (κ1) is 26.5. The van der Waals surface area contributed by atoms with Crippen LogP contribution < -0.4 is 10.6 Å². The van der Waals surface area contributed by atoms with Crippen LogP contribution in [-0.2, 0) is 25.5 Å². The first-order valence-electron chi connectivity index (χ1n) is 12.0. The summed E-state index contributed by atoms with van der Waals surface area (Å²) < 4.78 is 5.21. The molecule has 0 fully saturated rings. The molecule has 0 heterocycles. The molecule has 0 spiro atoms. The zero-order valence-electron chi connectivity index (χ0n) is 20.6. The van der Waals surface area contributed by atoms with Gasteiger partial charge in [-0.3, -0.25) is 14.4 Å². The smallest absolute Gasteiger partial charge is 0.306 e. The van der Waals surface area contributed by atoms with E-state index in [-0.39, 0.29) is 42.3 Å². The van der Waals surface area contributed by atoms with E-state index in [1.54, 1.807) is 25.1 Å².